The van der Waals surface area contributed by atoms with Gasteiger partial charge in [-0.1, -0.05) is 19.8 Å². The standard InChI is InChI=1S/C26H28F3NO4/c1-2-3-4-13-32-19-9-7-18(8-10-19)16-33-25-22(27)14-21(23(28)24(25)29)26(31)34-20-11-5-17(15-30)6-12-20/h5-6,11-12,14,18-19H,2-4,7-10,13,16H2,1H3. The lowest BCUT2D eigenvalue weighted by atomic mass is 9.88. The predicted molar refractivity (Wildman–Crippen MR) is 119 cm³/mol. The average Bonchev–Trinajstić information content (AvgIpc) is 2.85. The molecule has 0 aliphatic heterocycles. The molecule has 5 nitrogen and oxygen atoms in total. The van der Waals surface area contributed by atoms with Gasteiger partial charge in [-0.2, -0.15) is 9.65 Å². The highest BCUT2D eigenvalue weighted by atomic mass is 19.2. The van der Waals surface area contributed by atoms with Crippen molar-refractivity contribution in [3.05, 3.63) is 58.9 Å². The summed E-state index contributed by atoms with van der Waals surface area (Å²) in [4.78, 5) is 12.2. The molecule has 1 saturated carbocycles. The summed E-state index contributed by atoms with van der Waals surface area (Å²) in [6, 6.07) is 7.90. The van der Waals surface area contributed by atoms with Crippen molar-refractivity contribution >= 4 is 5.97 Å². The van der Waals surface area contributed by atoms with Crippen molar-refractivity contribution < 1.29 is 32.2 Å². The Morgan fingerprint density at radius 2 is 1.76 bits per heavy atom. The Labute approximate surface area is 197 Å². The van der Waals surface area contributed by atoms with Crippen LogP contribution in [0.25, 0.3) is 0 Å². The summed E-state index contributed by atoms with van der Waals surface area (Å²) in [5.74, 6) is -6.31. The quantitative estimate of drug-likeness (QED) is 0.174. The van der Waals surface area contributed by atoms with Crippen LogP contribution in [0.3, 0.4) is 0 Å². The number of hydrogen-bond donors (Lipinski definition) is 0. The molecule has 182 valence electrons. The first-order valence-corrected chi connectivity index (χ1v) is 11.6. The molecule has 2 aromatic carbocycles. The average molecular weight is 476 g/mol. The van der Waals surface area contributed by atoms with Crippen molar-refractivity contribution in [3.8, 4) is 17.6 Å². The van der Waals surface area contributed by atoms with Crippen LogP contribution in [0.15, 0.2) is 30.3 Å². The minimum absolute atomic E-state index is 0.00879. The van der Waals surface area contributed by atoms with Crippen molar-refractivity contribution in [2.24, 2.45) is 5.92 Å². The molecule has 0 radical (unpaired) electrons. The van der Waals surface area contributed by atoms with E-state index in [9.17, 15) is 18.0 Å². The lowest BCUT2D eigenvalue weighted by Crippen LogP contribution is -2.25. The number of hydrogen-bond acceptors (Lipinski definition) is 5. The van der Waals surface area contributed by atoms with Gasteiger partial charge >= 0.3 is 5.97 Å². The zero-order valence-corrected chi connectivity index (χ0v) is 19.1. The van der Waals surface area contributed by atoms with Gasteiger partial charge in [-0.25, -0.2) is 13.6 Å². The first kappa shape index (κ1) is 25.6. The minimum atomic E-state index is -1.57. The summed E-state index contributed by atoms with van der Waals surface area (Å²) in [6.07, 6.45) is 6.79. The number of ether oxygens (including phenoxy) is 3. The minimum Gasteiger partial charge on any atom is -0.487 e. The summed E-state index contributed by atoms with van der Waals surface area (Å²) in [5.41, 5.74) is -0.551. The highest BCUT2D eigenvalue weighted by Crippen LogP contribution is 2.31. The highest BCUT2D eigenvalue weighted by Gasteiger charge is 2.27. The van der Waals surface area contributed by atoms with Crippen LogP contribution in [-0.4, -0.2) is 25.3 Å². The van der Waals surface area contributed by atoms with E-state index < -0.39 is 34.7 Å². The van der Waals surface area contributed by atoms with Gasteiger partial charge in [-0.15, -0.1) is 0 Å². The molecule has 34 heavy (non-hydrogen) atoms. The molecule has 0 aromatic heterocycles. The third-order valence-electron chi connectivity index (χ3n) is 5.89. The number of benzene rings is 2. The van der Waals surface area contributed by atoms with Crippen LogP contribution in [0.5, 0.6) is 11.5 Å². The summed E-state index contributed by atoms with van der Waals surface area (Å²) in [5, 5.41) is 8.79. The first-order chi connectivity index (χ1) is 16.4. The Kier molecular flexibility index (Phi) is 9.34. The molecule has 1 aliphatic rings. The van der Waals surface area contributed by atoms with E-state index in [1.54, 1.807) is 0 Å². The molecule has 0 heterocycles. The Morgan fingerprint density at radius 3 is 2.41 bits per heavy atom. The molecule has 0 spiro atoms. The third kappa shape index (κ3) is 6.73. The molecule has 8 heteroatoms. The van der Waals surface area contributed by atoms with Gasteiger partial charge in [0, 0.05) is 6.61 Å². The number of carbonyl (C=O) groups excluding carboxylic acids is 1. The van der Waals surface area contributed by atoms with E-state index in [0.29, 0.717) is 11.6 Å². The zero-order valence-electron chi connectivity index (χ0n) is 19.1. The Morgan fingerprint density at radius 1 is 1.06 bits per heavy atom. The fourth-order valence-corrected chi connectivity index (χ4v) is 3.89. The number of rotatable bonds is 10. The van der Waals surface area contributed by atoms with E-state index in [4.69, 9.17) is 19.5 Å². The molecular formula is C26H28F3NO4. The molecule has 2 aromatic rings. The molecule has 0 unspecified atom stereocenters. The van der Waals surface area contributed by atoms with Gasteiger partial charge in [0.05, 0.1) is 24.3 Å². The van der Waals surface area contributed by atoms with Crippen molar-refractivity contribution in [1.82, 2.24) is 0 Å². The van der Waals surface area contributed by atoms with E-state index in [2.05, 4.69) is 6.92 Å². The Bertz CT molecular complexity index is 1010. The molecule has 0 amide bonds. The van der Waals surface area contributed by atoms with Gasteiger partial charge in [0.2, 0.25) is 5.82 Å². The molecule has 0 atom stereocenters. The fourth-order valence-electron chi connectivity index (χ4n) is 3.89. The summed E-state index contributed by atoms with van der Waals surface area (Å²) >= 11 is 0. The van der Waals surface area contributed by atoms with Crippen LogP contribution in [0.2, 0.25) is 0 Å². The number of halogens is 3. The van der Waals surface area contributed by atoms with Crippen LogP contribution < -0.4 is 9.47 Å². The predicted octanol–water partition coefficient (Wildman–Crippen LogP) is 6.34. The van der Waals surface area contributed by atoms with Gasteiger partial charge in [-0.05, 0) is 68.4 Å². The van der Waals surface area contributed by atoms with Gasteiger partial charge in [-0.3, -0.25) is 0 Å². The van der Waals surface area contributed by atoms with E-state index in [1.807, 2.05) is 6.07 Å². The number of nitrogens with zero attached hydrogens (tertiary/aromatic N) is 1. The van der Waals surface area contributed by atoms with Crippen molar-refractivity contribution in [1.29, 1.82) is 5.26 Å². The van der Waals surface area contributed by atoms with Crippen molar-refractivity contribution in [2.45, 2.75) is 58.0 Å². The van der Waals surface area contributed by atoms with Crippen LogP contribution in [0, 0.1) is 34.7 Å². The molecule has 3 rings (SSSR count). The Balaban J connectivity index is 1.55. The maximum atomic E-state index is 14.5. The number of esters is 1. The molecule has 0 saturated heterocycles. The first-order valence-electron chi connectivity index (χ1n) is 11.6. The zero-order chi connectivity index (χ0) is 24.5. The van der Waals surface area contributed by atoms with E-state index in [-0.39, 0.29) is 24.4 Å². The van der Waals surface area contributed by atoms with E-state index >= 15 is 0 Å². The number of unbranched alkanes of at least 4 members (excludes halogenated alkanes) is 2. The van der Waals surface area contributed by atoms with E-state index in [1.165, 1.54) is 24.3 Å². The second kappa shape index (κ2) is 12.4. The summed E-state index contributed by atoms with van der Waals surface area (Å²) < 4.78 is 59.7. The molecular weight excluding hydrogens is 447 g/mol. The van der Waals surface area contributed by atoms with Gasteiger partial charge in [0.1, 0.15) is 11.3 Å². The van der Waals surface area contributed by atoms with Gasteiger partial charge < -0.3 is 14.2 Å². The van der Waals surface area contributed by atoms with Crippen LogP contribution in [0.4, 0.5) is 13.2 Å². The molecule has 0 bridgehead atoms. The second-order valence-electron chi connectivity index (χ2n) is 8.42. The number of nitriles is 1. The van der Waals surface area contributed by atoms with Crippen LogP contribution in [0.1, 0.15) is 67.8 Å². The molecule has 1 aliphatic carbocycles. The maximum Gasteiger partial charge on any atom is 0.346 e. The smallest absolute Gasteiger partial charge is 0.346 e. The SMILES string of the molecule is CCCCCOC1CCC(COc2c(F)cc(C(=O)Oc3ccc(C#N)cc3)c(F)c2F)CC1. The lowest BCUT2D eigenvalue weighted by molar-refractivity contribution is 0.0108. The number of carbonyl (C=O) groups is 1. The normalized spacial score (nSPS) is 17.7. The maximum absolute atomic E-state index is 14.5. The monoisotopic (exact) mass is 475 g/mol. The third-order valence-corrected chi connectivity index (χ3v) is 5.89. The summed E-state index contributed by atoms with van der Waals surface area (Å²) in [6.45, 7) is 2.93. The highest BCUT2D eigenvalue weighted by molar-refractivity contribution is 5.91. The van der Waals surface area contributed by atoms with E-state index in [0.717, 1.165) is 51.6 Å². The molecule has 1 fully saturated rings. The van der Waals surface area contributed by atoms with Gasteiger partial charge in [0.25, 0.3) is 0 Å². The molecule has 0 N–H and O–H groups in total. The Hall–Kier alpha value is -3.05. The van der Waals surface area contributed by atoms with Crippen LogP contribution >= 0.6 is 0 Å². The lowest BCUT2D eigenvalue weighted by Gasteiger charge is -2.28. The van der Waals surface area contributed by atoms with Crippen molar-refractivity contribution in [3.63, 3.8) is 0 Å². The summed E-state index contributed by atoms with van der Waals surface area (Å²) in [7, 11) is 0. The second-order valence-corrected chi connectivity index (χ2v) is 8.42. The fraction of sp³-hybridized carbons (Fsp3) is 0.462. The topological polar surface area (TPSA) is 68.6 Å². The van der Waals surface area contributed by atoms with Crippen LogP contribution in [-0.2, 0) is 4.74 Å². The van der Waals surface area contributed by atoms with Crippen molar-refractivity contribution in [2.75, 3.05) is 13.2 Å². The largest absolute Gasteiger partial charge is 0.487 e. The van der Waals surface area contributed by atoms with Gasteiger partial charge in [0.15, 0.2) is 17.4 Å².